The van der Waals surface area contributed by atoms with Gasteiger partial charge in [0.05, 0.1) is 0 Å². The molecule has 0 radical (unpaired) electrons. The molecule has 0 unspecified atom stereocenters. The molecule has 0 aromatic carbocycles. The van der Waals surface area contributed by atoms with Gasteiger partial charge in [0, 0.05) is 12.8 Å². The number of hydrogen-bond acceptors (Lipinski definition) is 0. The van der Waals surface area contributed by atoms with Gasteiger partial charge in [-0.2, -0.15) is 0 Å². The summed E-state index contributed by atoms with van der Waals surface area (Å²) in [7, 11) is 0. The van der Waals surface area contributed by atoms with E-state index in [9.17, 15) is 0 Å². The van der Waals surface area contributed by atoms with E-state index in [0.29, 0.717) is 0 Å². The first kappa shape index (κ1) is 5.01. The fourth-order valence-corrected chi connectivity index (χ4v) is 0.471. The van der Waals surface area contributed by atoms with Crippen LogP contribution in [0.4, 0.5) is 0 Å². The van der Waals surface area contributed by atoms with E-state index in [0.717, 1.165) is 12.8 Å². The Hall–Kier alpha value is -1.14. The van der Waals surface area contributed by atoms with E-state index in [1.54, 1.807) is 12.2 Å². The Balaban J connectivity index is 2.65. The van der Waals surface area contributed by atoms with Crippen molar-refractivity contribution in [2.75, 3.05) is 0 Å². The summed E-state index contributed by atoms with van der Waals surface area (Å²) < 4.78 is 0. The SMILES string of the molecule is C1#CCCC#C/C=C\1. The molecule has 0 saturated carbocycles. The minimum absolute atomic E-state index is 0.914. The van der Waals surface area contributed by atoms with Gasteiger partial charge in [0.2, 0.25) is 0 Å². The molecule has 0 heterocycles. The van der Waals surface area contributed by atoms with Crippen molar-refractivity contribution < 1.29 is 0 Å². The Bertz CT molecular complexity index is 176. The molecule has 1 aliphatic rings. The Morgan fingerprint density at radius 3 is 1.88 bits per heavy atom. The van der Waals surface area contributed by atoms with Crippen LogP contribution in [-0.2, 0) is 0 Å². The van der Waals surface area contributed by atoms with Gasteiger partial charge < -0.3 is 0 Å². The molecule has 38 valence electrons. The monoisotopic (exact) mass is 102 g/mol. The van der Waals surface area contributed by atoms with E-state index in [1.807, 2.05) is 0 Å². The van der Waals surface area contributed by atoms with Gasteiger partial charge in [-0.1, -0.05) is 23.7 Å². The number of hydrogen-bond donors (Lipinski definition) is 0. The summed E-state index contributed by atoms with van der Waals surface area (Å²) in [5, 5.41) is 0. The summed E-state index contributed by atoms with van der Waals surface area (Å²) in [6, 6.07) is 0. The molecule has 8 heavy (non-hydrogen) atoms. The van der Waals surface area contributed by atoms with Crippen LogP contribution in [0.3, 0.4) is 0 Å². The molecular weight excluding hydrogens is 96.1 g/mol. The average Bonchev–Trinajstić information content (AvgIpc) is 1.62. The normalized spacial score (nSPS) is 18.0. The van der Waals surface area contributed by atoms with Crippen molar-refractivity contribution >= 4 is 0 Å². The number of allylic oxidation sites excluding steroid dienone is 2. The van der Waals surface area contributed by atoms with Crippen LogP contribution < -0.4 is 0 Å². The second-order valence-electron chi connectivity index (χ2n) is 1.48. The molecule has 0 aromatic rings. The Morgan fingerprint density at radius 2 is 1.38 bits per heavy atom. The average molecular weight is 102 g/mol. The highest BCUT2D eigenvalue weighted by molar-refractivity contribution is 5.27. The minimum Gasteiger partial charge on any atom is -0.0975 e. The third kappa shape index (κ3) is 1.54. The van der Waals surface area contributed by atoms with Crippen LogP contribution in [0.25, 0.3) is 0 Å². The highest BCUT2D eigenvalue weighted by Crippen LogP contribution is 1.85. The van der Waals surface area contributed by atoms with Gasteiger partial charge in [0.1, 0.15) is 0 Å². The second kappa shape index (κ2) is 2.94. The van der Waals surface area contributed by atoms with Crippen LogP contribution >= 0.6 is 0 Å². The molecule has 0 aromatic heterocycles. The summed E-state index contributed by atoms with van der Waals surface area (Å²) in [6.07, 6.45) is 5.40. The van der Waals surface area contributed by atoms with E-state index < -0.39 is 0 Å². The molecule has 0 atom stereocenters. The number of rotatable bonds is 0. The molecule has 1 rings (SSSR count). The summed E-state index contributed by atoms with van der Waals surface area (Å²) in [5.41, 5.74) is 0. The standard InChI is InChI=1S/C8H6/c1-2-4-6-8-7-5-3-1/h1-2H,7-8H2/b2-1-. The lowest BCUT2D eigenvalue weighted by atomic mass is 10.3. The van der Waals surface area contributed by atoms with Crippen LogP contribution in [0.15, 0.2) is 12.2 Å². The van der Waals surface area contributed by atoms with Crippen LogP contribution in [0, 0.1) is 23.7 Å². The topological polar surface area (TPSA) is 0 Å². The molecule has 0 bridgehead atoms. The first-order valence-corrected chi connectivity index (χ1v) is 2.62. The smallest absolute Gasteiger partial charge is 0.0202 e. The summed E-state index contributed by atoms with van der Waals surface area (Å²) in [5.74, 6) is 11.6. The minimum atomic E-state index is 0.914. The van der Waals surface area contributed by atoms with Gasteiger partial charge in [-0.15, -0.1) is 0 Å². The molecule has 0 spiro atoms. The summed E-state index contributed by atoms with van der Waals surface area (Å²) in [6.45, 7) is 0. The predicted molar refractivity (Wildman–Crippen MR) is 33.9 cm³/mol. The summed E-state index contributed by atoms with van der Waals surface area (Å²) >= 11 is 0. The Labute approximate surface area is 49.6 Å². The van der Waals surface area contributed by atoms with Crippen LogP contribution in [0.1, 0.15) is 12.8 Å². The molecule has 0 aliphatic heterocycles. The van der Waals surface area contributed by atoms with Crippen molar-refractivity contribution in [3.8, 4) is 23.7 Å². The van der Waals surface area contributed by atoms with E-state index in [-0.39, 0.29) is 0 Å². The van der Waals surface area contributed by atoms with E-state index in [1.165, 1.54) is 0 Å². The van der Waals surface area contributed by atoms with Crippen molar-refractivity contribution in [3.63, 3.8) is 0 Å². The maximum atomic E-state index is 2.95. The van der Waals surface area contributed by atoms with Gasteiger partial charge in [0.25, 0.3) is 0 Å². The molecule has 0 heteroatoms. The van der Waals surface area contributed by atoms with Gasteiger partial charge in [-0.05, 0) is 12.2 Å². The maximum absolute atomic E-state index is 2.95. The van der Waals surface area contributed by atoms with Crippen molar-refractivity contribution in [2.45, 2.75) is 12.8 Å². The Morgan fingerprint density at radius 1 is 0.875 bits per heavy atom. The zero-order chi connectivity index (χ0) is 5.66. The largest absolute Gasteiger partial charge is 0.0975 e. The molecular formula is C8H6. The summed E-state index contributed by atoms with van der Waals surface area (Å²) in [4.78, 5) is 0. The van der Waals surface area contributed by atoms with Crippen molar-refractivity contribution in [3.05, 3.63) is 12.2 Å². The predicted octanol–water partition coefficient (Wildman–Crippen LogP) is 1.34. The van der Waals surface area contributed by atoms with Crippen molar-refractivity contribution in [1.82, 2.24) is 0 Å². The van der Waals surface area contributed by atoms with Gasteiger partial charge in [-0.25, -0.2) is 0 Å². The quantitative estimate of drug-likeness (QED) is 0.405. The highest BCUT2D eigenvalue weighted by Gasteiger charge is 1.73. The third-order valence-electron chi connectivity index (χ3n) is 0.829. The Kier molecular flexibility index (Phi) is 1.84. The lowest BCUT2D eigenvalue weighted by molar-refractivity contribution is 1.12. The zero-order valence-corrected chi connectivity index (χ0v) is 4.57. The molecule has 0 amide bonds. The molecule has 1 aliphatic carbocycles. The maximum Gasteiger partial charge on any atom is 0.0202 e. The molecule has 0 fully saturated rings. The molecule has 0 nitrogen and oxygen atoms in total. The van der Waals surface area contributed by atoms with Crippen molar-refractivity contribution in [2.24, 2.45) is 0 Å². The van der Waals surface area contributed by atoms with Crippen LogP contribution in [-0.4, -0.2) is 0 Å². The van der Waals surface area contributed by atoms with E-state index in [2.05, 4.69) is 23.7 Å². The third-order valence-corrected chi connectivity index (χ3v) is 0.829. The fourth-order valence-electron chi connectivity index (χ4n) is 0.471. The van der Waals surface area contributed by atoms with E-state index in [4.69, 9.17) is 0 Å². The second-order valence-corrected chi connectivity index (χ2v) is 1.48. The first-order valence-electron chi connectivity index (χ1n) is 2.62. The van der Waals surface area contributed by atoms with Gasteiger partial charge >= 0.3 is 0 Å². The fraction of sp³-hybridized carbons (Fsp3) is 0.250. The van der Waals surface area contributed by atoms with Gasteiger partial charge in [-0.3, -0.25) is 0 Å². The van der Waals surface area contributed by atoms with Crippen LogP contribution in [0.5, 0.6) is 0 Å². The highest BCUT2D eigenvalue weighted by atomic mass is 13.8. The first-order chi connectivity index (χ1) is 4.00. The zero-order valence-electron chi connectivity index (χ0n) is 4.57. The molecule has 0 N–H and O–H groups in total. The van der Waals surface area contributed by atoms with E-state index >= 15 is 0 Å². The lowest BCUT2D eigenvalue weighted by Crippen LogP contribution is -1.66. The van der Waals surface area contributed by atoms with Crippen molar-refractivity contribution in [1.29, 1.82) is 0 Å². The van der Waals surface area contributed by atoms with Gasteiger partial charge in [0.15, 0.2) is 0 Å². The molecule has 0 saturated heterocycles. The lowest BCUT2D eigenvalue weighted by Gasteiger charge is -1.78. The van der Waals surface area contributed by atoms with Crippen LogP contribution in [0.2, 0.25) is 0 Å².